The van der Waals surface area contributed by atoms with Crippen molar-refractivity contribution in [2.75, 3.05) is 20.2 Å². The lowest BCUT2D eigenvalue weighted by atomic mass is 10.1. The van der Waals surface area contributed by atoms with Gasteiger partial charge < -0.3 is 23.7 Å². The van der Waals surface area contributed by atoms with E-state index in [1.54, 1.807) is 0 Å². The van der Waals surface area contributed by atoms with Gasteiger partial charge in [-0.1, -0.05) is 0 Å². The summed E-state index contributed by atoms with van der Waals surface area (Å²) in [6, 6.07) is 0. The molecule has 0 N–H and O–H groups in total. The van der Waals surface area contributed by atoms with E-state index in [0.29, 0.717) is 20.2 Å². The van der Waals surface area contributed by atoms with Crippen LogP contribution in [-0.4, -0.2) is 44.8 Å². The van der Waals surface area contributed by atoms with E-state index in [1.165, 1.54) is 0 Å². The zero-order valence-corrected chi connectivity index (χ0v) is 6.47. The highest BCUT2D eigenvalue weighted by atomic mass is 16.8. The third-order valence-corrected chi connectivity index (χ3v) is 2.39. The van der Waals surface area contributed by atoms with Gasteiger partial charge >= 0.3 is 0 Å². The lowest BCUT2D eigenvalue weighted by Crippen LogP contribution is -2.41. The van der Waals surface area contributed by atoms with E-state index in [2.05, 4.69) is 0 Å². The van der Waals surface area contributed by atoms with Gasteiger partial charge in [0.25, 0.3) is 0 Å². The van der Waals surface area contributed by atoms with Crippen LogP contribution in [0.15, 0.2) is 0 Å². The van der Waals surface area contributed by atoms with E-state index >= 15 is 0 Å². The average molecular weight is 174 g/mol. The molecule has 4 atom stereocenters. The number of ether oxygens (including phenoxy) is 5. The summed E-state index contributed by atoms with van der Waals surface area (Å²) in [5.74, 6) is 0. The van der Waals surface area contributed by atoms with Crippen LogP contribution in [0.1, 0.15) is 0 Å². The Morgan fingerprint density at radius 1 is 0.917 bits per heavy atom. The Morgan fingerprint density at radius 2 is 1.83 bits per heavy atom. The fourth-order valence-electron chi connectivity index (χ4n) is 1.81. The summed E-state index contributed by atoms with van der Waals surface area (Å²) in [6.07, 6.45) is -0.333. The molecule has 3 aliphatic heterocycles. The fourth-order valence-corrected chi connectivity index (χ4v) is 1.81. The largest absolute Gasteiger partial charge is 0.353 e. The molecule has 0 aromatic rings. The Kier molecular flexibility index (Phi) is 1.59. The molecule has 0 amide bonds. The predicted molar refractivity (Wildman–Crippen MR) is 35.2 cm³/mol. The lowest BCUT2D eigenvalue weighted by Gasteiger charge is -2.26. The normalized spacial score (nSPS) is 52.0. The zero-order valence-electron chi connectivity index (χ0n) is 6.47. The molecule has 3 fully saturated rings. The molecule has 5 heteroatoms. The first-order valence-electron chi connectivity index (χ1n) is 4.03. The van der Waals surface area contributed by atoms with Gasteiger partial charge in [-0.25, -0.2) is 0 Å². The molecule has 0 saturated carbocycles. The fraction of sp³-hybridized carbons (Fsp3) is 1.00. The highest BCUT2D eigenvalue weighted by molar-refractivity contribution is 4.91. The van der Waals surface area contributed by atoms with Gasteiger partial charge in [-0.05, 0) is 0 Å². The van der Waals surface area contributed by atoms with E-state index < -0.39 is 0 Å². The molecular formula is C7H10O5. The Morgan fingerprint density at radius 3 is 2.83 bits per heavy atom. The molecule has 5 nitrogen and oxygen atoms in total. The maximum atomic E-state index is 5.49. The maximum absolute atomic E-state index is 5.49. The predicted octanol–water partition coefficient (Wildman–Crippen LogP) is -0.543. The van der Waals surface area contributed by atoms with Crippen LogP contribution in [-0.2, 0) is 23.7 Å². The van der Waals surface area contributed by atoms with Crippen molar-refractivity contribution in [1.29, 1.82) is 0 Å². The van der Waals surface area contributed by atoms with E-state index in [1.807, 2.05) is 0 Å². The van der Waals surface area contributed by atoms with Gasteiger partial charge in [-0.2, -0.15) is 0 Å². The topological polar surface area (TPSA) is 46.2 Å². The Balaban J connectivity index is 1.79. The third kappa shape index (κ3) is 0.915. The van der Waals surface area contributed by atoms with Crippen LogP contribution < -0.4 is 0 Å². The molecule has 4 unspecified atom stereocenters. The molecule has 3 rings (SSSR count). The number of fused-ring (bicyclic) bond motifs is 3. The smallest absolute Gasteiger partial charge is 0.189 e. The van der Waals surface area contributed by atoms with Crippen molar-refractivity contribution in [2.45, 2.75) is 24.6 Å². The second kappa shape index (κ2) is 2.65. The van der Waals surface area contributed by atoms with E-state index in [0.717, 1.165) is 0 Å². The van der Waals surface area contributed by atoms with Crippen molar-refractivity contribution < 1.29 is 23.7 Å². The monoisotopic (exact) mass is 174 g/mol. The van der Waals surface area contributed by atoms with E-state index in [9.17, 15) is 0 Å². The minimum absolute atomic E-state index is 0.00810. The molecule has 0 spiro atoms. The first-order valence-corrected chi connectivity index (χ1v) is 4.03. The van der Waals surface area contributed by atoms with Crippen LogP contribution in [0.25, 0.3) is 0 Å². The average Bonchev–Trinajstić information content (AvgIpc) is 2.62. The molecule has 12 heavy (non-hydrogen) atoms. The molecule has 0 bridgehead atoms. The second-order valence-corrected chi connectivity index (χ2v) is 3.08. The van der Waals surface area contributed by atoms with E-state index in [4.69, 9.17) is 23.7 Å². The summed E-state index contributed by atoms with van der Waals surface area (Å²) >= 11 is 0. The SMILES string of the molecule is C1OCC2OC3OCOC3C2O1. The summed E-state index contributed by atoms with van der Waals surface area (Å²) in [7, 11) is 0. The van der Waals surface area contributed by atoms with Crippen LogP contribution in [0.3, 0.4) is 0 Å². The standard InChI is InChI=1S/C7H10O5/c1-4-5(9-2-8-1)6-7(12-4)11-3-10-6/h4-7H,1-3H2. The molecule has 3 heterocycles. The molecule has 68 valence electrons. The molecule has 3 saturated heterocycles. The number of hydrogen-bond donors (Lipinski definition) is 0. The summed E-state index contributed by atoms with van der Waals surface area (Å²) in [4.78, 5) is 0. The summed E-state index contributed by atoms with van der Waals surface area (Å²) in [5.41, 5.74) is 0. The maximum Gasteiger partial charge on any atom is 0.189 e. The first-order chi connectivity index (χ1) is 5.95. The van der Waals surface area contributed by atoms with Gasteiger partial charge in [-0.3, -0.25) is 0 Å². The highest BCUT2D eigenvalue weighted by Gasteiger charge is 2.51. The summed E-state index contributed by atoms with van der Waals surface area (Å²) in [5, 5.41) is 0. The number of rotatable bonds is 0. The van der Waals surface area contributed by atoms with Crippen molar-refractivity contribution in [3.63, 3.8) is 0 Å². The zero-order chi connectivity index (χ0) is 7.97. The van der Waals surface area contributed by atoms with Gasteiger partial charge in [0.1, 0.15) is 25.1 Å². The highest BCUT2D eigenvalue weighted by Crippen LogP contribution is 2.32. The number of hydrogen-bond acceptors (Lipinski definition) is 5. The van der Waals surface area contributed by atoms with Crippen LogP contribution in [0.5, 0.6) is 0 Å². The van der Waals surface area contributed by atoms with E-state index in [-0.39, 0.29) is 24.6 Å². The van der Waals surface area contributed by atoms with Crippen molar-refractivity contribution in [1.82, 2.24) is 0 Å². The minimum Gasteiger partial charge on any atom is -0.353 e. The van der Waals surface area contributed by atoms with Crippen molar-refractivity contribution >= 4 is 0 Å². The molecule has 0 aromatic carbocycles. The molecule has 0 aromatic heterocycles. The van der Waals surface area contributed by atoms with Crippen molar-refractivity contribution in [3.8, 4) is 0 Å². The molecule has 0 aliphatic carbocycles. The Labute approximate surface area is 69.5 Å². The third-order valence-electron chi connectivity index (χ3n) is 2.39. The molecule has 3 aliphatic rings. The van der Waals surface area contributed by atoms with Gasteiger partial charge in [0.15, 0.2) is 13.1 Å². The van der Waals surface area contributed by atoms with Gasteiger partial charge in [0, 0.05) is 0 Å². The molecular weight excluding hydrogens is 164 g/mol. The first kappa shape index (κ1) is 7.23. The van der Waals surface area contributed by atoms with Gasteiger partial charge in [0.2, 0.25) is 0 Å². The van der Waals surface area contributed by atoms with Crippen molar-refractivity contribution in [2.24, 2.45) is 0 Å². The summed E-state index contributed by atoms with van der Waals surface area (Å²) < 4.78 is 26.5. The lowest BCUT2D eigenvalue weighted by molar-refractivity contribution is -0.213. The second-order valence-electron chi connectivity index (χ2n) is 3.08. The van der Waals surface area contributed by atoms with Crippen LogP contribution in [0.4, 0.5) is 0 Å². The summed E-state index contributed by atoms with van der Waals surface area (Å²) in [6.45, 7) is 1.21. The quantitative estimate of drug-likeness (QED) is 0.493. The van der Waals surface area contributed by atoms with Gasteiger partial charge in [0.05, 0.1) is 6.61 Å². The Bertz CT molecular complexity index is 185. The van der Waals surface area contributed by atoms with Crippen LogP contribution in [0.2, 0.25) is 0 Å². The minimum atomic E-state index is -0.248. The van der Waals surface area contributed by atoms with Crippen LogP contribution >= 0.6 is 0 Å². The van der Waals surface area contributed by atoms with Gasteiger partial charge in [-0.15, -0.1) is 0 Å². The van der Waals surface area contributed by atoms with Crippen LogP contribution in [0, 0.1) is 0 Å². The van der Waals surface area contributed by atoms with Crippen molar-refractivity contribution in [3.05, 3.63) is 0 Å². The Hall–Kier alpha value is -0.200. The molecule has 0 radical (unpaired) electrons.